The summed E-state index contributed by atoms with van der Waals surface area (Å²) >= 11 is 0. The molecule has 0 aromatic heterocycles. The highest BCUT2D eigenvalue weighted by Gasteiger charge is 2.42. The van der Waals surface area contributed by atoms with Gasteiger partial charge in [-0.05, 0) is 49.2 Å². The van der Waals surface area contributed by atoms with Gasteiger partial charge >= 0.3 is 6.09 Å². The number of benzene rings is 2. The largest absolute Gasteiger partial charge is 0.465 e. The third kappa shape index (κ3) is 3.51. The van der Waals surface area contributed by atoms with Crippen molar-refractivity contribution in [1.82, 2.24) is 4.31 Å². The Kier molecular flexibility index (Phi) is 4.82. The van der Waals surface area contributed by atoms with Gasteiger partial charge in [0.1, 0.15) is 0 Å². The van der Waals surface area contributed by atoms with Crippen molar-refractivity contribution in [1.29, 1.82) is 0 Å². The lowest BCUT2D eigenvalue weighted by Crippen LogP contribution is -2.55. The number of anilines is 4. The van der Waals surface area contributed by atoms with Crippen molar-refractivity contribution in [2.75, 3.05) is 47.1 Å². The molecule has 2 aromatic carbocycles. The van der Waals surface area contributed by atoms with Crippen molar-refractivity contribution < 1.29 is 18.3 Å². The van der Waals surface area contributed by atoms with Crippen LogP contribution in [0.15, 0.2) is 48.5 Å². The van der Waals surface area contributed by atoms with E-state index in [0.717, 1.165) is 29.9 Å². The monoisotopic (exact) mass is 442 g/mol. The normalized spacial score (nSPS) is 23.7. The molecule has 0 radical (unpaired) electrons. The van der Waals surface area contributed by atoms with E-state index in [1.165, 1.54) is 11.2 Å². The summed E-state index contributed by atoms with van der Waals surface area (Å²) in [5.74, 6) is 0. The highest BCUT2D eigenvalue weighted by atomic mass is 32.2. The smallest absolute Gasteiger partial charge is 0.411 e. The van der Waals surface area contributed by atoms with E-state index in [1.54, 1.807) is 4.31 Å². The Bertz CT molecular complexity index is 1090. The van der Waals surface area contributed by atoms with Gasteiger partial charge in [-0.3, -0.25) is 4.90 Å². The summed E-state index contributed by atoms with van der Waals surface area (Å²) in [5, 5.41) is 9.51. The van der Waals surface area contributed by atoms with E-state index < -0.39 is 16.1 Å². The lowest BCUT2D eigenvalue weighted by atomic mass is 10.1. The van der Waals surface area contributed by atoms with E-state index in [4.69, 9.17) is 0 Å². The van der Waals surface area contributed by atoms with E-state index in [0.29, 0.717) is 31.9 Å². The maximum Gasteiger partial charge on any atom is 0.411 e. The topological polar surface area (TPSA) is 84.4 Å². The molecule has 2 atom stereocenters. The molecule has 1 amide bonds. The van der Waals surface area contributed by atoms with Crippen LogP contribution in [0.3, 0.4) is 0 Å². The summed E-state index contributed by atoms with van der Waals surface area (Å²) in [6.07, 6.45) is 2.36. The maximum absolute atomic E-state index is 12.0. The second-order valence-electron chi connectivity index (χ2n) is 8.46. The standard InChI is InChI=1S/C22H26N4O4S/c1-31(29,30)23-14-18-10-11-19(15-23)26(18)17-8-6-16(7-9-17)24-12-13-25(22(27)28)21-5-3-2-4-20(21)24/h2-9,18-19H,10-15H2,1H3,(H,27,28)/t18-,19-/m1/s1. The Labute approximate surface area is 182 Å². The predicted molar refractivity (Wildman–Crippen MR) is 121 cm³/mol. The minimum absolute atomic E-state index is 0.208. The number of piperazine rings is 1. The summed E-state index contributed by atoms with van der Waals surface area (Å²) in [4.78, 5) is 17.5. The number of carboxylic acid groups (broad SMARTS) is 1. The summed E-state index contributed by atoms with van der Waals surface area (Å²) in [5.41, 5.74) is 3.70. The molecule has 0 spiro atoms. The predicted octanol–water partition coefficient (Wildman–Crippen LogP) is 2.94. The van der Waals surface area contributed by atoms with Crippen LogP contribution in [-0.4, -0.2) is 68.4 Å². The maximum atomic E-state index is 12.0. The first kappa shape index (κ1) is 20.1. The zero-order valence-corrected chi connectivity index (χ0v) is 18.2. The first-order valence-electron chi connectivity index (χ1n) is 10.5. The van der Waals surface area contributed by atoms with Crippen LogP contribution in [0.25, 0.3) is 0 Å². The Morgan fingerprint density at radius 2 is 1.48 bits per heavy atom. The minimum atomic E-state index is -3.16. The molecule has 8 nitrogen and oxygen atoms in total. The van der Waals surface area contributed by atoms with Crippen molar-refractivity contribution in [3.8, 4) is 0 Å². The van der Waals surface area contributed by atoms with Gasteiger partial charge in [-0.15, -0.1) is 0 Å². The van der Waals surface area contributed by atoms with E-state index in [2.05, 4.69) is 34.1 Å². The van der Waals surface area contributed by atoms with Crippen LogP contribution in [-0.2, 0) is 10.0 Å². The van der Waals surface area contributed by atoms with Gasteiger partial charge in [0.2, 0.25) is 10.0 Å². The second kappa shape index (κ2) is 7.42. The van der Waals surface area contributed by atoms with Crippen molar-refractivity contribution in [2.45, 2.75) is 24.9 Å². The highest BCUT2D eigenvalue weighted by Crippen LogP contribution is 2.40. The molecule has 1 N–H and O–H groups in total. The van der Waals surface area contributed by atoms with E-state index in [1.807, 2.05) is 24.3 Å². The Morgan fingerprint density at radius 1 is 0.903 bits per heavy atom. The molecule has 164 valence electrons. The molecule has 2 bridgehead atoms. The molecule has 2 saturated heterocycles. The summed E-state index contributed by atoms with van der Waals surface area (Å²) in [6, 6.07) is 16.3. The molecule has 3 aliphatic heterocycles. The number of rotatable bonds is 3. The van der Waals surface area contributed by atoms with Gasteiger partial charge in [-0.1, -0.05) is 12.1 Å². The van der Waals surface area contributed by atoms with E-state index in [-0.39, 0.29) is 12.1 Å². The van der Waals surface area contributed by atoms with Crippen LogP contribution in [0.4, 0.5) is 27.5 Å². The van der Waals surface area contributed by atoms with Gasteiger partial charge < -0.3 is 14.9 Å². The average molecular weight is 443 g/mol. The summed E-state index contributed by atoms with van der Waals surface area (Å²) < 4.78 is 25.6. The molecule has 0 saturated carbocycles. The SMILES string of the molecule is CS(=O)(=O)N1C[C@H]2CC[C@H](C1)N2c1ccc(N2CCN(C(=O)O)c3ccccc32)cc1. The van der Waals surface area contributed by atoms with Crippen LogP contribution in [0.1, 0.15) is 12.8 Å². The van der Waals surface area contributed by atoms with Gasteiger partial charge in [0.15, 0.2) is 0 Å². The van der Waals surface area contributed by atoms with Gasteiger partial charge in [-0.2, -0.15) is 4.31 Å². The van der Waals surface area contributed by atoms with Crippen molar-refractivity contribution in [3.63, 3.8) is 0 Å². The molecule has 5 rings (SSSR count). The van der Waals surface area contributed by atoms with Gasteiger partial charge in [0, 0.05) is 49.6 Å². The number of sulfonamides is 1. The summed E-state index contributed by atoms with van der Waals surface area (Å²) in [6.45, 7) is 2.08. The Hall–Kier alpha value is -2.78. The van der Waals surface area contributed by atoms with Crippen molar-refractivity contribution in [3.05, 3.63) is 48.5 Å². The number of nitrogens with zero attached hydrogens (tertiary/aromatic N) is 4. The van der Waals surface area contributed by atoms with Crippen LogP contribution in [0, 0.1) is 0 Å². The van der Waals surface area contributed by atoms with Crippen molar-refractivity contribution in [2.24, 2.45) is 0 Å². The fourth-order valence-corrected chi connectivity index (χ4v) is 6.08. The molecule has 31 heavy (non-hydrogen) atoms. The number of amides is 1. The first-order valence-corrected chi connectivity index (χ1v) is 12.4. The summed E-state index contributed by atoms with van der Waals surface area (Å²) in [7, 11) is -3.16. The molecule has 3 heterocycles. The number of hydrogen-bond donors (Lipinski definition) is 1. The number of hydrogen-bond acceptors (Lipinski definition) is 5. The molecule has 2 fully saturated rings. The molecule has 9 heteroatoms. The third-order valence-electron chi connectivity index (χ3n) is 6.62. The molecule has 2 aromatic rings. The molecular weight excluding hydrogens is 416 g/mol. The van der Waals surface area contributed by atoms with E-state index >= 15 is 0 Å². The van der Waals surface area contributed by atoms with Crippen LogP contribution >= 0.6 is 0 Å². The molecule has 0 aliphatic carbocycles. The average Bonchev–Trinajstić information content (AvgIpc) is 3.01. The highest BCUT2D eigenvalue weighted by molar-refractivity contribution is 7.88. The quantitative estimate of drug-likeness (QED) is 0.787. The van der Waals surface area contributed by atoms with Gasteiger partial charge in [0.25, 0.3) is 0 Å². The van der Waals surface area contributed by atoms with Crippen molar-refractivity contribution >= 4 is 38.9 Å². The number of carbonyl (C=O) groups is 1. The van der Waals surface area contributed by atoms with Crippen LogP contribution < -0.4 is 14.7 Å². The second-order valence-corrected chi connectivity index (χ2v) is 10.4. The number of para-hydroxylation sites is 2. The molecule has 0 unspecified atom stereocenters. The Morgan fingerprint density at radius 3 is 2.06 bits per heavy atom. The van der Waals surface area contributed by atoms with Crippen LogP contribution in [0.5, 0.6) is 0 Å². The molecule has 3 aliphatic rings. The third-order valence-corrected chi connectivity index (χ3v) is 7.85. The fraction of sp³-hybridized carbons (Fsp3) is 0.409. The lowest BCUT2D eigenvalue weighted by molar-refractivity contribution is 0.201. The van der Waals surface area contributed by atoms with Gasteiger partial charge in [-0.25, -0.2) is 13.2 Å². The fourth-order valence-electron chi connectivity index (χ4n) is 5.19. The Balaban J connectivity index is 1.39. The zero-order valence-electron chi connectivity index (χ0n) is 17.4. The zero-order chi connectivity index (χ0) is 21.8. The van der Waals surface area contributed by atoms with Crippen LogP contribution in [0.2, 0.25) is 0 Å². The minimum Gasteiger partial charge on any atom is -0.465 e. The van der Waals surface area contributed by atoms with E-state index in [9.17, 15) is 18.3 Å². The molecular formula is C22H26N4O4S. The first-order chi connectivity index (χ1) is 14.8. The lowest BCUT2D eigenvalue weighted by Gasteiger charge is -2.41. The van der Waals surface area contributed by atoms with Gasteiger partial charge in [0.05, 0.1) is 17.6 Å². The number of fused-ring (bicyclic) bond motifs is 3.